The highest BCUT2D eigenvalue weighted by Crippen LogP contribution is 2.29. The molecule has 0 saturated heterocycles. The normalized spacial score (nSPS) is 9.95. The zero-order valence-electron chi connectivity index (χ0n) is 9.52. The molecule has 0 fully saturated rings. The minimum Gasteiger partial charge on any atom is -0.478 e. The lowest BCUT2D eigenvalue weighted by molar-refractivity contribution is 0.0693. The summed E-state index contributed by atoms with van der Waals surface area (Å²) in [6.45, 7) is 0. The molecule has 0 aliphatic heterocycles. The van der Waals surface area contributed by atoms with Crippen LogP contribution in [-0.2, 0) is 0 Å². The van der Waals surface area contributed by atoms with E-state index in [1.54, 1.807) is 6.07 Å². The third-order valence-electron chi connectivity index (χ3n) is 2.64. The van der Waals surface area contributed by atoms with Gasteiger partial charge in [-0.15, -0.1) is 0 Å². The second-order valence-electron chi connectivity index (χ2n) is 3.75. The Morgan fingerprint density at radius 1 is 1.11 bits per heavy atom. The highest BCUT2D eigenvalue weighted by Gasteiger charge is 2.20. The van der Waals surface area contributed by atoms with E-state index in [9.17, 15) is 13.6 Å². The first-order valence-corrected chi connectivity index (χ1v) is 5.27. The van der Waals surface area contributed by atoms with Gasteiger partial charge in [-0.3, -0.25) is 0 Å². The van der Waals surface area contributed by atoms with Crippen molar-refractivity contribution in [2.45, 2.75) is 0 Å². The summed E-state index contributed by atoms with van der Waals surface area (Å²) in [7, 11) is 0. The highest BCUT2D eigenvalue weighted by atomic mass is 19.1. The smallest absolute Gasteiger partial charge is 0.339 e. The van der Waals surface area contributed by atoms with Crippen molar-refractivity contribution >= 4 is 5.97 Å². The predicted molar refractivity (Wildman–Crippen MR) is 63.5 cm³/mol. The fourth-order valence-corrected chi connectivity index (χ4v) is 1.79. The molecule has 0 heterocycles. The van der Waals surface area contributed by atoms with Gasteiger partial charge < -0.3 is 5.11 Å². The van der Waals surface area contributed by atoms with Gasteiger partial charge in [-0.2, -0.15) is 5.26 Å². The van der Waals surface area contributed by atoms with Crippen LogP contribution in [-0.4, -0.2) is 11.1 Å². The number of hydrogen-bond donors (Lipinski definition) is 1. The monoisotopic (exact) mass is 259 g/mol. The second-order valence-corrected chi connectivity index (χ2v) is 3.75. The minimum atomic E-state index is -1.49. The van der Waals surface area contributed by atoms with Gasteiger partial charge in [0.15, 0.2) is 0 Å². The summed E-state index contributed by atoms with van der Waals surface area (Å²) in [4.78, 5) is 11.1. The Balaban J connectivity index is 2.77. The minimum absolute atomic E-state index is 0.0953. The van der Waals surface area contributed by atoms with E-state index in [1.165, 1.54) is 30.3 Å². The summed E-state index contributed by atoms with van der Waals surface area (Å²) in [6, 6.07) is 9.20. The Bertz CT molecular complexity index is 705. The number of carboxylic acids is 1. The zero-order chi connectivity index (χ0) is 14.0. The standard InChI is InChI=1S/C14H7F2NO2/c15-11-6-2-4-9(12(11)14(18)19)10-5-1-3-8(7-17)13(10)16/h1-6H,(H,18,19). The van der Waals surface area contributed by atoms with Crippen molar-refractivity contribution in [3.05, 3.63) is 59.2 Å². The van der Waals surface area contributed by atoms with Crippen molar-refractivity contribution in [1.82, 2.24) is 0 Å². The molecule has 0 atom stereocenters. The molecule has 0 saturated carbocycles. The third kappa shape index (κ3) is 2.16. The van der Waals surface area contributed by atoms with Gasteiger partial charge in [0.2, 0.25) is 0 Å². The first kappa shape index (κ1) is 12.7. The van der Waals surface area contributed by atoms with Crippen LogP contribution >= 0.6 is 0 Å². The van der Waals surface area contributed by atoms with Crippen LogP contribution in [0.3, 0.4) is 0 Å². The third-order valence-corrected chi connectivity index (χ3v) is 2.64. The van der Waals surface area contributed by atoms with Crippen molar-refractivity contribution in [3.63, 3.8) is 0 Å². The average molecular weight is 259 g/mol. The lowest BCUT2D eigenvalue weighted by Crippen LogP contribution is -2.04. The van der Waals surface area contributed by atoms with Crippen LogP contribution in [0.2, 0.25) is 0 Å². The van der Waals surface area contributed by atoms with Gasteiger partial charge >= 0.3 is 5.97 Å². The van der Waals surface area contributed by atoms with E-state index >= 15 is 0 Å². The maximum atomic E-state index is 14.0. The molecule has 94 valence electrons. The highest BCUT2D eigenvalue weighted by molar-refractivity contribution is 5.96. The number of halogens is 2. The predicted octanol–water partition coefficient (Wildman–Crippen LogP) is 3.20. The van der Waals surface area contributed by atoms with Crippen LogP contribution in [0.5, 0.6) is 0 Å². The average Bonchev–Trinajstić information content (AvgIpc) is 2.38. The molecule has 5 heteroatoms. The summed E-state index contributed by atoms with van der Waals surface area (Å²) < 4.78 is 27.5. The van der Waals surface area contributed by atoms with E-state index in [0.717, 1.165) is 6.07 Å². The molecule has 2 aromatic rings. The number of nitrogens with zero attached hydrogens (tertiary/aromatic N) is 1. The van der Waals surface area contributed by atoms with E-state index in [4.69, 9.17) is 10.4 Å². The summed E-state index contributed by atoms with van der Waals surface area (Å²) in [5.41, 5.74) is -1.05. The fraction of sp³-hybridized carbons (Fsp3) is 0. The molecule has 3 nitrogen and oxygen atoms in total. The van der Waals surface area contributed by atoms with Crippen molar-refractivity contribution < 1.29 is 18.7 Å². The van der Waals surface area contributed by atoms with Crippen molar-refractivity contribution in [2.24, 2.45) is 0 Å². The molecule has 0 amide bonds. The van der Waals surface area contributed by atoms with E-state index in [1.807, 2.05) is 0 Å². The molecule has 0 radical (unpaired) electrons. The molecule has 0 aromatic heterocycles. The molecule has 0 unspecified atom stereocenters. The number of benzene rings is 2. The van der Waals surface area contributed by atoms with Crippen LogP contribution in [0.1, 0.15) is 15.9 Å². The lowest BCUT2D eigenvalue weighted by Gasteiger charge is -2.08. The van der Waals surface area contributed by atoms with Gasteiger partial charge in [0.25, 0.3) is 0 Å². The Morgan fingerprint density at radius 3 is 2.37 bits per heavy atom. The topological polar surface area (TPSA) is 61.1 Å². The molecule has 0 bridgehead atoms. The summed E-state index contributed by atoms with van der Waals surface area (Å²) in [5, 5.41) is 17.7. The Morgan fingerprint density at radius 2 is 1.74 bits per heavy atom. The Kier molecular flexibility index (Phi) is 3.25. The van der Waals surface area contributed by atoms with Crippen molar-refractivity contribution in [1.29, 1.82) is 5.26 Å². The Hall–Kier alpha value is -2.74. The van der Waals surface area contributed by atoms with Gasteiger partial charge in [-0.05, 0) is 12.1 Å². The van der Waals surface area contributed by atoms with Crippen LogP contribution < -0.4 is 0 Å². The molecular weight excluding hydrogens is 252 g/mol. The molecule has 2 rings (SSSR count). The van der Waals surface area contributed by atoms with Crippen LogP contribution in [0.4, 0.5) is 8.78 Å². The summed E-state index contributed by atoms with van der Waals surface area (Å²) in [5.74, 6) is -3.31. The summed E-state index contributed by atoms with van der Waals surface area (Å²) >= 11 is 0. The fourth-order valence-electron chi connectivity index (χ4n) is 1.79. The van der Waals surface area contributed by atoms with E-state index < -0.39 is 23.2 Å². The lowest BCUT2D eigenvalue weighted by atomic mass is 9.97. The second kappa shape index (κ2) is 4.86. The molecule has 0 aliphatic carbocycles. The maximum Gasteiger partial charge on any atom is 0.339 e. The van der Waals surface area contributed by atoms with E-state index in [2.05, 4.69) is 0 Å². The number of nitriles is 1. The maximum absolute atomic E-state index is 14.0. The van der Waals surface area contributed by atoms with Crippen LogP contribution in [0, 0.1) is 23.0 Å². The van der Waals surface area contributed by atoms with E-state index in [-0.39, 0.29) is 16.7 Å². The number of hydrogen-bond acceptors (Lipinski definition) is 2. The van der Waals surface area contributed by atoms with Crippen LogP contribution in [0.15, 0.2) is 36.4 Å². The van der Waals surface area contributed by atoms with Crippen molar-refractivity contribution in [2.75, 3.05) is 0 Å². The van der Waals surface area contributed by atoms with Crippen LogP contribution in [0.25, 0.3) is 11.1 Å². The van der Waals surface area contributed by atoms with Crippen molar-refractivity contribution in [3.8, 4) is 17.2 Å². The first-order chi connectivity index (χ1) is 9.06. The van der Waals surface area contributed by atoms with E-state index in [0.29, 0.717) is 0 Å². The van der Waals surface area contributed by atoms with Gasteiger partial charge in [-0.1, -0.05) is 24.3 Å². The zero-order valence-corrected chi connectivity index (χ0v) is 9.52. The molecule has 19 heavy (non-hydrogen) atoms. The molecule has 0 aliphatic rings. The molecular formula is C14H7F2NO2. The molecule has 1 N–H and O–H groups in total. The first-order valence-electron chi connectivity index (χ1n) is 5.27. The number of carbonyl (C=O) groups is 1. The largest absolute Gasteiger partial charge is 0.478 e. The Labute approximate surface area is 107 Å². The van der Waals surface area contributed by atoms with Gasteiger partial charge in [0, 0.05) is 11.1 Å². The molecule has 2 aromatic carbocycles. The number of aromatic carboxylic acids is 1. The number of rotatable bonds is 2. The number of carboxylic acid groups (broad SMARTS) is 1. The van der Waals surface area contributed by atoms with Gasteiger partial charge in [0.05, 0.1) is 5.56 Å². The summed E-state index contributed by atoms with van der Waals surface area (Å²) in [6.07, 6.45) is 0. The van der Waals surface area contributed by atoms with Gasteiger partial charge in [-0.25, -0.2) is 13.6 Å². The van der Waals surface area contributed by atoms with Gasteiger partial charge in [0.1, 0.15) is 23.3 Å². The quantitative estimate of drug-likeness (QED) is 0.900. The SMILES string of the molecule is N#Cc1cccc(-c2cccc(F)c2C(=O)O)c1F. The molecule has 0 spiro atoms.